The molecule has 17 heavy (non-hydrogen) atoms. The second-order valence-electron chi connectivity index (χ2n) is 5.79. The molecular formula is C13H26N2OS. The summed E-state index contributed by atoms with van der Waals surface area (Å²) >= 11 is 2.02. The SMILES string of the molecule is CCC(C)(C)NC(=O)CNCC1(C)CCCS1. The zero-order valence-corrected chi connectivity index (χ0v) is 12.4. The molecule has 0 spiro atoms. The topological polar surface area (TPSA) is 41.1 Å². The lowest BCUT2D eigenvalue weighted by Gasteiger charge is -2.26. The van der Waals surface area contributed by atoms with Crippen molar-refractivity contribution in [3.05, 3.63) is 0 Å². The lowest BCUT2D eigenvalue weighted by Crippen LogP contribution is -2.47. The van der Waals surface area contributed by atoms with Crippen LogP contribution >= 0.6 is 11.8 Å². The summed E-state index contributed by atoms with van der Waals surface area (Å²) in [5.41, 5.74) is -0.0925. The van der Waals surface area contributed by atoms with Crippen molar-refractivity contribution >= 4 is 17.7 Å². The smallest absolute Gasteiger partial charge is 0.234 e. The fourth-order valence-corrected chi connectivity index (χ4v) is 3.20. The fourth-order valence-electron chi connectivity index (χ4n) is 1.93. The first-order chi connectivity index (χ1) is 7.87. The molecule has 0 aliphatic carbocycles. The van der Waals surface area contributed by atoms with E-state index in [1.807, 2.05) is 11.8 Å². The molecule has 0 saturated carbocycles. The number of nitrogens with one attached hydrogen (secondary N) is 2. The molecule has 0 bridgehead atoms. The van der Waals surface area contributed by atoms with Gasteiger partial charge in [-0.2, -0.15) is 11.8 Å². The number of amides is 1. The van der Waals surface area contributed by atoms with Gasteiger partial charge in [-0.25, -0.2) is 0 Å². The molecule has 100 valence electrons. The maximum Gasteiger partial charge on any atom is 0.234 e. The average molecular weight is 258 g/mol. The van der Waals surface area contributed by atoms with E-state index in [2.05, 4.69) is 38.3 Å². The molecule has 0 aromatic rings. The summed E-state index contributed by atoms with van der Waals surface area (Å²) in [6.45, 7) is 9.84. The van der Waals surface area contributed by atoms with E-state index in [4.69, 9.17) is 0 Å². The number of carbonyl (C=O) groups excluding carboxylic acids is 1. The lowest BCUT2D eigenvalue weighted by atomic mass is 10.0. The van der Waals surface area contributed by atoms with Gasteiger partial charge in [-0.05, 0) is 45.8 Å². The van der Waals surface area contributed by atoms with Crippen LogP contribution in [-0.4, -0.2) is 35.0 Å². The molecule has 0 aromatic heterocycles. The Morgan fingerprint density at radius 2 is 2.18 bits per heavy atom. The van der Waals surface area contributed by atoms with E-state index in [9.17, 15) is 4.79 Å². The zero-order chi connectivity index (χ0) is 12.9. The van der Waals surface area contributed by atoms with E-state index < -0.39 is 0 Å². The number of carbonyl (C=O) groups is 1. The van der Waals surface area contributed by atoms with Crippen LogP contribution in [0.2, 0.25) is 0 Å². The maximum atomic E-state index is 11.7. The molecule has 0 radical (unpaired) electrons. The monoisotopic (exact) mass is 258 g/mol. The Bertz CT molecular complexity index is 260. The molecule has 1 fully saturated rings. The van der Waals surface area contributed by atoms with E-state index in [-0.39, 0.29) is 11.4 Å². The largest absolute Gasteiger partial charge is 0.350 e. The van der Waals surface area contributed by atoms with Gasteiger partial charge >= 0.3 is 0 Å². The molecule has 1 rings (SSSR count). The lowest BCUT2D eigenvalue weighted by molar-refractivity contribution is -0.121. The van der Waals surface area contributed by atoms with Crippen LogP contribution in [0.25, 0.3) is 0 Å². The normalized spacial score (nSPS) is 24.9. The van der Waals surface area contributed by atoms with Gasteiger partial charge in [0.1, 0.15) is 0 Å². The second kappa shape index (κ2) is 6.10. The first-order valence-corrected chi connectivity index (χ1v) is 7.51. The Labute approximate surface area is 109 Å². The number of hydrogen-bond donors (Lipinski definition) is 2. The molecule has 1 atom stereocenters. The molecule has 3 nitrogen and oxygen atoms in total. The summed E-state index contributed by atoms with van der Waals surface area (Å²) < 4.78 is 0.334. The van der Waals surface area contributed by atoms with E-state index >= 15 is 0 Å². The van der Waals surface area contributed by atoms with Crippen molar-refractivity contribution in [1.29, 1.82) is 0 Å². The van der Waals surface area contributed by atoms with Gasteiger partial charge in [0.25, 0.3) is 0 Å². The minimum atomic E-state index is -0.0925. The van der Waals surface area contributed by atoms with Crippen molar-refractivity contribution in [3.63, 3.8) is 0 Å². The van der Waals surface area contributed by atoms with Gasteiger partial charge in [0, 0.05) is 16.8 Å². The third-order valence-electron chi connectivity index (χ3n) is 3.45. The average Bonchev–Trinajstić information content (AvgIpc) is 2.64. The molecule has 1 saturated heterocycles. The predicted octanol–water partition coefficient (Wildman–Crippen LogP) is 2.17. The van der Waals surface area contributed by atoms with Crippen molar-refractivity contribution in [3.8, 4) is 0 Å². The van der Waals surface area contributed by atoms with Crippen LogP contribution in [-0.2, 0) is 4.79 Å². The van der Waals surface area contributed by atoms with Gasteiger partial charge in [0.2, 0.25) is 5.91 Å². The Hall–Kier alpha value is -0.220. The minimum Gasteiger partial charge on any atom is -0.350 e. The second-order valence-corrected chi connectivity index (χ2v) is 7.47. The highest BCUT2D eigenvalue weighted by atomic mass is 32.2. The highest BCUT2D eigenvalue weighted by molar-refractivity contribution is 8.00. The highest BCUT2D eigenvalue weighted by Gasteiger charge is 2.29. The Balaban J connectivity index is 2.20. The summed E-state index contributed by atoms with van der Waals surface area (Å²) in [6, 6.07) is 0. The van der Waals surface area contributed by atoms with Crippen molar-refractivity contribution < 1.29 is 4.79 Å². The van der Waals surface area contributed by atoms with E-state index in [1.54, 1.807) is 0 Å². The Kier molecular flexibility index (Phi) is 5.32. The van der Waals surface area contributed by atoms with Crippen LogP contribution in [0.3, 0.4) is 0 Å². The van der Waals surface area contributed by atoms with Crippen LogP contribution in [0.1, 0.15) is 47.0 Å². The molecule has 1 heterocycles. The fraction of sp³-hybridized carbons (Fsp3) is 0.923. The molecule has 1 unspecified atom stereocenters. The summed E-state index contributed by atoms with van der Waals surface area (Å²) in [5.74, 6) is 1.36. The number of rotatable bonds is 6. The number of thioether (sulfide) groups is 1. The predicted molar refractivity (Wildman–Crippen MR) is 75.5 cm³/mol. The van der Waals surface area contributed by atoms with Crippen LogP contribution in [0, 0.1) is 0 Å². The van der Waals surface area contributed by atoms with Gasteiger partial charge < -0.3 is 10.6 Å². The number of hydrogen-bond acceptors (Lipinski definition) is 3. The molecule has 1 aliphatic heterocycles. The standard InChI is InChI=1S/C13H26N2OS/c1-5-12(2,3)15-11(16)9-14-10-13(4)7-6-8-17-13/h14H,5-10H2,1-4H3,(H,15,16). The summed E-state index contributed by atoms with van der Waals surface area (Å²) in [6.07, 6.45) is 3.51. The molecular weight excluding hydrogens is 232 g/mol. The van der Waals surface area contributed by atoms with Gasteiger partial charge in [-0.3, -0.25) is 4.79 Å². The van der Waals surface area contributed by atoms with Crippen molar-refractivity contribution in [2.24, 2.45) is 0 Å². The first-order valence-electron chi connectivity index (χ1n) is 6.53. The van der Waals surface area contributed by atoms with Crippen LogP contribution in [0.4, 0.5) is 0 Å². The summed E-state index contributed by atoms with van der Waals surface area (Å²) in [7, 11) is 0. The van der Waals surface area contributed by atoms with Crippen LogP contribution < -0.4 is 10.6 Å². The highest BCUT2D eigenvalue weighted by Crippen LogP contribution is 2.36. The summed E-state index contributed by atoms with van der Waals surface area (Å²) in [4.78, 5) is 11.7. The first kappa shape index (κ1) is 14.8. The van der Waals surface area contributed by atoms with Gasteiger partial charge in [0.05, 0.1) is 6.54 Å². The van der Waals surface area contributed by atoms with Gasteiger partial charge in [0.15, 0.2) is 0 Å². The molecule has 1 amide bonds. The third-order valence-corrected chi connectivity index (χ3v) is 4.98. The Morgan fingerprint density at radius 1 is 1.47 bits per heavy atom. The van der Waals surface area contributed by atoms with E-state index in [0.29, 0.717) is 11.3 Å². The van der Waals surface area contributed by atoms with Crippen LogP contribution in [0.5, 0.6) is 0 Å². The van der Waals surface area contributed by atoms with Crippen molar-refractivity contribution in [1.82, 2.24) is 10.6 Å². The van der Waals surface area contributed by atoms with Gasteiger partial charge in [-0.1, -0.05) is 6.92 Å². The Morgan fingerprint density at radius 3 is 2.71 bits per heavy atom. The quantitative estimate of drug-likeness (QED) is 0.767. The molecule has 1 aliphatic rings. The summed E-state index contributed by atoms with van der Waals surface area (Å²) in [5, 5.41) is 6.32. The molecule has 2 N–H and O–H groups in total. The van der Waals surface area contributed by atoms with Gasteiger partial charge in [-0.15, -0.1) is 0 Å². The van der Waals surface area contributed by atoms with E-state index in [1.165, 1.54) is 18.6 Å². The minimum absolute atomic E-state index is 0.0925. The van der Waals surface area contributed by atoms with Crippen molar-refractivity contribution in [2.45, 2.75) is 57.2 Å². The zero-order valence-electron chi connectivity index (χ0n) is 11.6. The molecule has 0 aromatic carbocycles. The van der Waals surface area contributed by atoms with E-state index in [0.717, 1.165) is 13.0 Å². The van der Waals surface area contributed by atoms with Crippen LogP contribution in [0.15, 0.2) is 0 Å². The third kappa shape index (κ3) is 5.30. The molecule has 4 heteroatoms. The maximum absolute atomic E-state index is 11.7. The van der Waals surface area contributed by atoms with Crippen molar-refractivity contribution in [2.75, 3.05) is 18.8 Å².